The van der Waals surface area contributed by atoms with Crippen LogP contribution >= 0.6 is 11.6 Å². The molecule has 2 amide bonds. The van der Waals surface area contributed by atoms with E-state index >= 15 is 0 Å². The van der Waals surface area contributed by atoms with Crippen LogP contribution in [-0.4, -0.2) is 35.8 Å². The van der Waals surface area contributed by atoms with Crippen LogP contribution in [-0.2, 0) is 4.79 Å². The summed E-state index contributed by atoms with van der Waals surface area (Å²) in [6, 6.07) is 7.29. The molecule has 114 valence electrons. The number of nitrogens with one attached hydrogen (secondary N) is 1. The molecule has 0 bridgehead atoms. The second kappa shape index (κ2) is 7.46. The summed E-state index contributed by atoms with van der Waals surface area (Å²) in [5.41, 5.74) is 0.549. The molecule has 1 heterocycles. The van der Waals surface area contributed by atoms with Crippen molar-refractivity contribution in [3.8, 4) is 0 Å². The van der Waals surface area contributed by atoms with E-state index in [1.165, 1.54) is 0 Å². The van der Waals surface area contributed by atoms with Gasteiger partial charge in [0.2, 0.25) is 5.91 Å². The third-order valence-corrected chi connectivity index (χ3v) is 4.06. The first-order valence-corrected chi connectivity index (χ1v) is 7.82. The molecule has 1 saturated heterocycles. The van der Waals surface area contributed by atoms with Crippen molar-refractivity contribution in [2.75, 3.05) is 13.1 Å². The molecule has 0 atom stereocenters. The summed E-state index contributed by atoms with van der Waals surface area (Å²) in [7, 11) is 0. The van der Waals surface area contributed by atoms with Crippen molar-refractivity contribution in [3.63, 3.8) is 0 Å². The SMILES string of the molecule is CCCC(=O)NC1CCN(C(=O)c2ccccc2Cl)CC1. The number of carbonyl (C=O) groups is 2. The molecule has 1 aliphatic rings. The van der Waals surface area contributed by atoms with E-state index < -0.39 is 0 Å². The Hall–Kier alpha value is -1.55. The highest BCUT2D eigenvalue weighted by Gasteiger charge is 2.25. The zero-order valence-corrected chi connectivity index (χ0v) is 13.0. The van der Waals surface area contributed by atoms with Crippen molar-refractivity contribution >= 4 is 23.4 Å². The average molecular weight is 309 g/mol. The quantitative estimate of drug-likeness (QED) is 0.930. The van der Waals surface area contributed by atoms with Gasteiger partial charge in [-0.15, -0.1) is 0 Å². The molecule has 0 aromatic heterocycles. The lowest BCUT2D eigenvalue weighted by Gasteiger charge is -2.32. The number of carbonyl (C=O) groups excluding carboxylic acids is 2. The number of piperidine rings is 1. The first-order valence-electron chi connectivity index (χ1n) is 7.45. The van der Waals surface area contributed by atoms with E-state index in [9.17, 15) is 9.59 Å². The number of hydrogen-bond acceptors (Lipinski definition) is 2. The number of benzene rings is 1. The van der Waals surface area contributed by atoms with Crippen molar-refractivity contribution in [1.29, 1.82) is 0 Å². The van der Waals surface area contributed by atoms with Gasteiger partial charge in [0, 0.05) is 25.6 Å². The molecule has 21 heavy (non-hydrogen) atoms. The zero-order valence-electron chi connectivity index (χ0n) is 12.3. The fourth-order valence-electron chi connectivity index (χ4n) is 2.56. The van der Waals surface area contributed by atoms with Gasteiger partial charge in [-0.3, -0.25) is 9.59 Å². The van der Waals surface area contributed by atoms with Gasteiger partial charge in [-0.1, -0.05) is 30.7 Å². The summed E-state index contributed by atoms with van der Waals surface area (Å²) in [6.45, 7) is 3.30. The number of amides is 2. The van der Waals surface area contributed by atoms with Crippen LogP contribution < -0.4 is 5.32 Å². The first kappa shape index (κ1) is 15.8. The third kappa shape index (κ3) is 4.21. The molecule has 0 saturated carbocycles. The maximum Gasteiger partial charge on any atom is 0.255 e. The monoisotopic (exact) mass is 308 g/mol. The summed E-state index contributed by atoms with van der Waals surface area (Å²) >= 11 is 6.07. The molecule has 2 rings (SSSR count). The zero-order chi connectivity index (χ0) is 15.2. The summed E-state index contributed by atoms with van der Waals surface area (Å²) in [4.78, 5) is 25.8. The van der Waals surface area contributed by atoms with E-state index in [1.54, 1.807) is 12.1 Å². The maximum absolute atomic E-state index is 12.4. The molecule has 0 aliphatic carbocycles. The van der Waals surface area contributed by atoms with Crippen LogP contribution in [0.5, 0.6) is 0 Å². The molecule has 4 nitrogen and oxygen atoms in total. The van der Waals surface area contributed by atoms with Crippen LogP contribution in [0.1, 0.15) is 43.0 Å². The molecule has 0 radical (unpaired) electrons. The molecular weight excluding hydrogens is 288 g/mol. The van der Waals surface area contributed by atoms with Crippen molar-refractivity contribution in [2.45, 2.75) is 38.6 Å². The normalized spacial score (nSPS) is 15.8. The lowest BCUT2D eigenvalue weighted by Crippen LogP contribution is -2.46. The number of rotatable bonds is 4. The topological polar surface area (TPSA) is 49.4 Å². The van der Waals surface area contributed by atoms with Crippen LogP contribution in [0.3, 0.4) is 0 Å². The average Bonchev–Trinajstić information content (AvgIpc) is 2.48. The Kier molecular flexibility index (Phi) is 5.62. The van der Waals surface area contributed by atoms with Gasteiger partial charge >= 0.3 is 0 Å². The fourth-order valence-corrected chi connectivity index (χ4v) is 2.78. The molecule has 1 aromatic carbocycles. The Labute approximate surface area is 130 Å². The van der Waals surface area contributed by atoms with E-state index in [1.807, 2.05) is 24.0 Å². The Morgan fingerprint density at radius 3 is 2.57 bits per heavy atom. The minimum atomic E-state index is -0.0288. The third-order valence-electron chi connectivity index (χ3n) is 3.73. The molecule has 1 N–H and O–H groups in total. The highest BCUT2D eigenvalue weighted by molar-refractivity contribution is 6.33. The van der Waals surface area contributed by atoms with Gasteiger partial charge in [-0.05, 0) is 31.4 Å². The molecule has 5 heteroatoms. The number of nitrogens with zero attached hydrogens (tertiary/aromatic N) is 1. The fraction of sp³-hybridized carbons (Fsp3) is 0.500. The van der Waals surface area contributed by atoms with Crippen LogP contribution in [0, 0.1) is 0 Å². The maximum atomic E-state index is 12.4. The molecular formula is C16H21ClN2O2. The van der Waals surface area contributed by atoms with Gasteiger partial charge in [-0.2, -0.15) is 0 Å². The standard InChI is InChI=1S/C16H21ClN2O2/c1-2-5-15(20)18-12-8-10-19(11-9-12)16(21)13-6-3-4-7-14(13)17/h3-4,6-7,12H,2,5,8-11H2,1H3,(H,18,20). The lowest BCUT2D eigenvalue weighted by atomic mass is 10.0. The van der Waals surface area contributed by atoms with Crippen molar-refractivity contribution < 1.29 is 9.59 Å². The van der Waals surface area contributed by atoms with Gasteiger partial charge in [-0.25, -0.2) is 0 Å². The summed E-state index contributed by atoms with van der Waals surface area (Å²) in [5, 5.41) is 3.51. The smallest absolute Gasteiger partial charge is 0.255 e. The molecule has 1 aromatic rings. The van der Waals surface area contributed by atoms with Crippen LogP contribution in [0.15, 0.2) is 24.3 Å². The van der Waals surface area contributed by atoms with E-state index in [-0.39, 0.29) is 17.9 Å². The van der Waals surface area contributed by atoms with E-state index in [4.69, 9.17) is 11.6 Å². The van der Waals surface area contributed by atoms with Crippen LogP contribution in [0.25, 0.3) is 0 Å². The van der Waals surface area contributed by atoms with Gasteiger partial charge in [0.05, 0.1) is 10.6 Å². The van der Waals surface area contributed by atoms with Crippen molar-refractivity contribution in [1.82, 2.24) is 10.2 Å². The van der Waals surface area contributed by atoms with E-state index in [0.717, 1.165) is 19.3 Å². The molecule has 0 spiro atoms. The van der Waals surface area contributed by atoms with Gasteiger partial charge in [0.15, 0.2) is 0 Å². The van der Waals surface area contributed by atoms with Crippen LogP contribution in [0.2, 0.25) is 5.02 Å². The largest absolute Gasteiger partial charge is 0.353 e. The highest BCUT2D eigenvalue weighted by atomic mass is 35.5. The predicted molar refractivity (Wildman–Crippen MR) is 83.4 cm³/mol. The Morgan fingerprint density at radius 1 is 1.29 bits per heavy atom. The summed E-state index contributed by atoms with van der Waals surface area (Å²) < 4.78 is 0. The van der Waals surface area contributed by atoms with Gasteiger partial charge < -0.3 is 10.2 Å². The van der Waals surface area contributed by atoms with Crippen molar-refractivity contribution in [2.24, 2.45) is 0 Å². The summed E-state index contributed by atoms with van der Waals surface area (Å²) in [6.07, 6.45) is 3.02. The minimum absolute atomic E-state index is 0.0288. The Bertz CT molecular complexity index is 511. The Morgan fingerprint density at radius 2 is 1.95 bits per heavy atom. The van der Waals surface area contributed by atoms with Crippen molar-refractivity contribution in [3.05, 3.63) is 34.9 Å². The highest BCUT2D eigenvalue weighted by Crippen LogP contribution is 2.20. The predicted octanol–water partition coefficient (Wildman–Crippen LogP) is 2.86. The molecule has 1 fully saturated rings. The first-order chi connectivity index (χ1) is 10.1. The number of hydrogen-bond donors (Lipinski definition) is 1. The number of halogens is 1. The molecule has 1 aliphatic heterocycles. The van der Waals surface area contributed by atoms with Gasteiger partial charge in [0.25, 0.3) is 5.91 Å². The summed E-state index contributed by atoms with van der Waals surface area (Å²) in [5.74, 6) is 0.0762. The van der Waals surface area contributed by atoms with Crippen LogP contribution in [0.4, 0.5) is 0 Å². The second-order valence-corrected chi connectivity index (χ2v) is 5.77. The second-order valence-electron chi connectivity index (χ2n) is 5.36. The minimum Gasteiger partial charge on any atom is -0.353 e. The van der Waals surface area contributed by atoms with E-state index in [2.05, 4.69) is 5.32 Å². The Balaban J connectivity index is 1.88. The molecule has 0 unspecified atom stereocenters. The number of likely N-dealkylation sites (tertiary alicyclic amines) is 1. The van der Waals surface area contributed by atoms with Gasteiger partial charge in [0.1, 0.15) is 0 Å². The lowest BCUT2D eigenvalue weighted by molar-refractivity contribution is -0.122. The van der Waals surface area contributed by atoms with E-state index in [0.29, 0.717) is 30.1 Å².